The Labute approximate surface area is 82.0 Å². The number of carboxylic acids is 1. The summed E-state index contributed by atoms with van der Waals surface area (Å²) in [5, 5.41) is 17.8. The highest BCUT2D eigenvalue weighted by molar-refractivity contribution is 5.73. The van der Waals surface area contributed by atoms with Crippen molar-refractivity contribution in [2.24, 2.45) is 5.41 Å². The maximum absolute atomic E-state index is 10.9. The van der Waals surface area contributed by atoms with Gasteiger partial charge < -0.3 is 14.8 Å². The fraction of sp³-hybridized carbons (Fsp3) is 0.556. The number of hydrogen-bond acceptors (Lipinski definition) is 3. The highest BCUT2D eigenvalue weighted by Crippen LogP contribution is 2.19. The Kier molecular flexibility index (Phi) is 2.90. The average Bonchev–Trinajstić information content (AvgIpc) is 2.50. The Morgan fingerprint density at radius 1 is 1.64 bits per heavy atom. The van der Waals surface area contributed by atoms with Crippen LogP contribution in [-0.2, 0) is 17.9 Å². The van der Waals surface area contributed by atoms with Crippen LogP contribution < -0.4 is 0 Å². The molecule has 1 aromatic heterocycles. The minimum Gasteiger partial charge on any atom is -0.481 e. The van der Waals surface area contributed by atoms with Gasteiger partial charge >= 0.3 is 5.97 Å². The first-order valence-corrected chi connectivity index (χ1v) is 4.31. The van der Waals surface area contributed by atoms with Crippen molar-refractivity contribution in [3.8, 4) is 0 Å². The van der Waals surface area contributed by atoms with Gasteiger partial charge in [0, 0.05) is 18.9 Å². The number of rotatable bonds is 4. The Morgan fingerprint density at radius 2 is 2.29 bits per heavy atom. The largest absolute Gasteiger partial charge is 0.481 e. The van der Waals surface area contributed by atoms with Crippen LogP contribution in [0.4, 0.5) is 0 Å². The molecule has 1 aromatic rings. The summed E-state index contributed by atoms with van der Waals surface area (Å²) in [5.74, 6) is -0.380. The van der Waals surface area contributed by atoms with Gasteiger partial charge in [-0.3, -0.25) is 4.79 Å². The third-order valence-corrected chi connectivity index (χ3v) is 2.09. The molecule has 5 heteroatoms. The molecule has 0 spiro atoms. The van der Waals surface area contributed by atoms with Crippen LogP contribution in [0.5, 0.6) is 0 Å². The molecule has 0 aliphatic carbocycles. The van der Waals surface area contributed by atoms with Gasteiger partial charge in [0.15, 0.2) is 0 Å². The first kappa shape index (κ1) is 10.7. The molecule has 0 amide bonds. The van der Waals surface area contributed by atoms with Crippen LogP contribution in [0.1, 0.15) is 19.7 Å². The summed E-state index contributed by atoms with van der Waals surface area (Å²) in [6.07, 6.45) is 3.21. The van der Waals surface area contributed by atoms with E-state index in [9.17, 15) is 4.79 Å². The normalized spacial score (nSPS) is 11.6. The molecule has 2 N–H and O–H groups in total. The summed E-state index contributed by atoms with van der Waals surface area (Å²) in [4.78, 5) is 14.7. The zero-order valence-electron chi connectivity index (χ0n) is 8.27. The van der Waals surface area contributed by atoms with E-state index in [0.717, 1.165) is 0 Å². The molecule has 14 heavy (non-hydrogen) atoms. The lowest BCUT2D eigenvalue weighted by Gasteiger charge is -2.20. The summed E-state index contributed by atoms with van der Waals surface area (Å²) >= 11 is 0. The van der Waals surface area contributed by atoms with E-state index < -0.39 is 11.4 Å². The van der Waals surface area contributed by atoms with E-state index in [4.69, 9.17) is 10.2 Å². The van der Waals surface area contributed by atoms with E-state index in [1.54, 1.807) is 30.8 Å². The summed E-state index contributed by atoms with van der Waals surface area (Å²) in [5.41, 5.74) is -0.857. The minimum absolute atomic E-state index is 0.178. The predicted octanol–water partition coefficient (Wildman–Crippen LogP) is 0.486. The fourth-order valence-corrected chi connectivity index (χ4v) is 1.13. The van der Waals surface area contributed by atoms with Crippen molar-refractivity contribution < 1.29 is 15.0 Å². The predicted molar refractivity (Wildman–Crippen MR) is 49.6 cm³/mol. The standard InChI is InChI=1S/C9H14N2O3/c1-9(2,8(13)14)6-11-4-3-10-7(11)5-12/h3-4,12H,5-6H2,1-2H3,(H,13,14). The lowest BCUT2D eigenvalue weighted by atomic mass is 9.94. The molecule has 0 saturated carbocycles. The highest BCUT2D eigenvalue weighted by Gasteiger charge is 2.28. The van der Waals surface area contributed by atoms with Crippen LogP contribution in [0.2, 0.25) is 0 Å². The number of aliphatic hydroxyl groups excluding tert-OH is 1. The van der Waals surface area contributed by atoms with Gasteiger partial charge in [-0.25, -0.2) is 4.98 Å². The van der Waals surface area contributed by atoms with Crippen LogP contribution in [0, 0.1) is 5.41 Å². The zero-order chi connectivity index (χ0) is 10.8. The van der Waals surface area contributed by atoms with E-state index in [-0.39, 0.29) is 6.61 Å². The molecule has 1 heterocycles. The van der Waals surface area contributed by atoms with Crippen molar-refractivity contribution in [1.82, 2.24) is 9.55 Å². The maximum atomic E-state index is 10.9. The Hall–Kier alpha value is -1.36. The number of nitrogens with zero attached hydrogens (tertiary/aromatic N) is 2. The smallest absolute Gasteiger partial charge is 0.310 e. The molecule has 0 atom stereocenters. The number of imidazole rings is 1. The third-order valence-electron chi connectivity index (χ3n) is 2.09. The highest BCUT2D eigenvalue weighted by atomic mass is 16.4. The van der Waals surface area contributed by atoms with E-state index in [0.29, 0.717) is 12.4 Å². The topological polar surface area (TPSA) is 75.3 Å². The summed E-state index contributed by atoms with van der Waals surface area (Å²) in [6, 6.07) is 0. The molecule has 1 rings (SSSR count). The molecule has 0 bridgehead atoms. The van der Waals surface area contributed by atoms with Gasteiger partial charge in [-0.15, -0.1) is 0 Å². The molecular formula is C9H14N2O3. The van der Waals surface area contributed by atoms with Crippen molar-refractivity contribution in [1.29, 1.82) is 0 Å². The summed E-state index contributed by atoms with van der Waals surface area (Å²) < 4.78 is 1.65. The lowest BCUT2D eigenvalue weighted by molar-refractivity contribution is -0.147. The van der Waals surface area contributed by atoms with Crippen molar-refractivity contribution >= 4 is 5.97 Å². The second-order valence-corrected chi connectivity index (χ2v) is 3.82. The first-order valence-electron chi connectivity index (χ1n) is 4.31. The van der Waals surface area contributed by atoms with Gasteiger partial charge in [-0.05, 0) is 13.8 Å². The van der Waals surface area contributed by atoms with Crippen LogP contribution >= 0.6 is 0 Å². The average molecular weight is 198 g/mol. The first-order chi connectivity index (χ1) is 6.47. The Morgan fingerprint density at radius 3 is 2.79 bits per heavy atom. The van der Waals surface area contributed by atoms with Gasteiger partial charge in [0.2, 0.25) is 0 Å². The fourth-order valence-electron chi connectivity index (χ4n) is 1.13. The van der Waals surface area contributed by atoms with Crippen molar-refractivity contribution in [2.45, 2.75) is 27.0 Å². The third kappa shape index (κ3) is 2.11. The second-order valence-electron chi connectivity index (χ2n) is 3.82. The molecule has 0 aromatic carbocycles. The molecule has 0 fully saturated rings. The van der Waals surface area contributed by atoms with Gasteiger partial charge in [-0.1, -0.05) is 0 Å². The number of aromatic nitrogens is 2. The second kappa shape index (κ2) is 3.79. The molecule has 5 nitrogen and oxygen atoms in total. The minimum atomic E-state index is -0.866. The van der Waals surface area contributed by atoms with Gasteiger partial charge in [0.25, 0.3) is 0 Å². The van der Waals surface area contributed by atoms with Gasteiger partial charge in [0.05, 0.1) is 5.41 Å². The molecule has 0 radical (unpaired) electrons. The Bertz CT molecular complexity index is 331. The van der Waals surface area contributed by atoms with E-state index in [1.807, 2.05) is 0 Å². The monoisotopic (exact) mass is 198 g/mol. The van der Waals surface area contributed by atoms with Gasteiger partial charge in [-0.2, -0.15) is 0 Å². The van der Waals surface area contributed by atoms with E-state index in [1.165, 1.54) is 0 Å². The molecule has 0 saturated heterocycles. The maximum Gasteiger partial charge on any atom is 0.310 e. The SMILES string of the molecule is CC(C)(Cn1ccnc1CO)C(=O)O. The van der Waals surface area contributed by atoms with Crippen LogP contribution in [0.25, 0.3) is 0 Å². The summed E-state index contributed by atoms with van der Waals surface area (Å²) in [6.45, 7) is 3.40. The van der Waals surface area contributed by atoms with E-state index >= 15 is 0 Å². The zero-order valence-corrected chi connectivity index (χ0v) is 8.27. The van der Waals surface area contributed by atoms with Crippen LogP contribution in [0.3, 0.4) is 0 Å². The number of carbonyl (C=O) groups is 1. The molecule has 78 valence electrons. The van der Waals surface area contributed by atoms with Crippen LogP contribution in [0.15, 0.2) is 12.4 Å². The molecule has 0 aliphatic rings. The number of carboxylic acid groups (broad SMARTS) is 1. The Balaban J connectivity index is 2.83. The summed E-state index contributed by atoms with van der Waals surface area (Å²) in [7, 11) is 0. The number of aliphatic carboxylic acids is 1. The number of aliphatic hydroxyl groups is 1. The quantitative estimate of drug-likeness (QED) is 0.738. The van der Waals surface area contributed by atoms with E-state index in [2.05, 4.69) is 4.98 Å². The molecule has 0 unspecified atom stereocenters. The molecule has 0 aliphatic heterocycles. The molecular weight excluding hydrogens is 184 g/mol. The van der Waals surface area contributed by atoms with Crippen LogP contribution in [-0.4, -0.2) is 25.7 Å². The van der Waals surface area contributed by atoms with Crippen molar-refractivity contribution in [3.63, 3.8) is 0 Å². The van der Waals surface area contributed by atoms with Crippen molar-refractivity contribution in [3.05, 3.63) is 18.2 Å². The lowest BCUT2D eigenvalue weighted by Crippen LogP contribution is -2.29. The van der Waals surface area contributed by atoms with Crippen molar-refractivity contribution in [2.75, 3.05) is 0 Å². The number of hydrogen-bond donors (Lipinski definition) is 2. The van der Waals surface area contributed by atoms with Gasteiger partial charge in [0.1, 0.15) is 12.4 Å².